The van der Waals surface area contributed by atoms with E-state index in [0.717, 1.165) is 74.1 Å². The molecule has 0 radical (unpaired) electrons. The number of ether oxygens (including phenoxy) is 3. The number of hydrogen-bond donors (Lipinski definition) is 2. The van der Waals surface area contributed by atoms with Crippen LogP contribution in [0.3, 0.4) is 0 Å². The maximum atomic E-state index is 12.6. The van der Waals surface area contributed by atoms with Crippen molar-refractivity contribution in [3.63, 3.8) is 0 Å². The lowest BCUT2D eigenvalue weighted by molar-refractivity contribution is 0.0981. The van der Waals surface area contributed by atoms with Crippen LogP contribution in [0.15, 0.2) is 28.9 Å². The summed E-state index contributed by atoms with van der Waals surface area (Å²) >= 11 is 3.52. The lowest BCUT2D eigenvalue weighted by Crippen LogP contribution is -2.52. The highest BCUT2D eigenvalue weighted by molar-refractivity contribution is 9.10. The minimum atomic E-state index is -3.62. The molecule has 2 N–H and O–H groups in total. The Balaban J connectivity index is 1.21. The Kier molecular flexibility index (Phi) is 9.82. The molecule has 0 spiro atoms. The number of benzene rings is 1. The fourth-order valence-electron chi connectivity index (χ4n) is 6.23. The van der Waals surface area contributed by atoms with Gasteiger partial charge in [-0.05, 0) is 66.5 Å². The number of aryl methyl sites for hydroxylation is 1. The Morgan fingerprint density at radius 1 is 1.02 bits per heavy atom. The maximum absolute atomic E-state index is 12.6. The number of rotatable bonds is 9. The molecule has 16 heteroatoms. The van der Waals surface area contributed by atoms with E-state index in [1.165, 1.54) is 7.05 Å². The Morgan fingerprint density at radius 3 is 2.45 bits per heavy atom. The number of halogens is 1. The number of hydrogen-bond acceptors (Lipinski definition) is 13. The first-order chi connectivity index (χ1) is 22.5. The van der Waals surface area contributed by atoms with E-state index in [1.54, 1.807) is 25.4 Å². The fourth-order valence-corrected chi connectivity index (χ4v) is 7.03. The zero-order chi connectivity index (χ0) is 33.3. The van der Waals surface area contributed by atoms with Crippen molar-refractivity contribution in [2.45, 2.75) is 25.8 Å². The molecule has 5 heterocycles. The number of piperidine rings is 1. The Bertz CT molecular complexity index is 1710. The van der Waals surface area contributed by atoms with E-state index < -0.39 is 10.0 Å². The largest absolute Gasteiger partial charge is 0.486 e. The number of nitrogens with zero attached hydrogens (tertiary/aromatic N) is 7. The lowest BCUT2D eigenvalue weighted by atomic mass is 10.0. The van der Waals surface area contributed by atoms with Gasteiger partial charge in [-0.15, -0.1) is 0 Å². The van der Waals surface area contributed by atoms with Gasteiger partial charge in [0.2, 0.25) is 21.9 Å². The van der Waals surface area contributed by atoms with Crippen LogP contribution in [0.5, 0.6) is 17.4 Å². The minimum Gasteiger partial charge on any atom is -0.486 e. The number of anilines is 6. The van der Waals surface area contributed by atoms with Gasteiger partial charge in [0.05, 0.1) is 23.5 Å². The van der Waals surface area contributed by atoms with Crippen molar-refractivity contribution in [2.75, 3.05) is 99.8 Å². The lowest BCUT2D eigenvalue weighted by Gasteiger charge is -2.42. The van der Waals surface area contributed by atoms with Crippen molar-refractivity contribution in [3.05, 3.63) is 34.4 Å². The molecule has 0 unspecified atom stereocenters. The van der Waals surface area contributed by atoms with Crippen molar-refractivity contribution < 1.29 is 22.6 Å². The number of fused-ring (bicyclic) bond motifs is 1. The molecule has 254 valence electrons. The van der Waals surface area contributed by atoms with Gasteiger partial charge in [-0.1, -0.05) is 0 Å². The van der Waals surface area contributed by atoms with Gasteiger partial charge in [0.15, 0.2) is 11.5 Å². The van der Waals surface area contributed by atoms with Crippen LogP contribution in [0.4, 0.5) is 34.6 Å². The molecule has 1 aromatic carbocycles. The standard InChI is InChI=1S/C31H42BrN9O5S/c1-20-18-24(30(44-4)37-29(20)41-10-8-21(9-11-41)40-14-12-38(2)13-15-40)35-31-33-19-22(32)28(36-31)34-23-6-7-25-27(46-17-16-45-25)26(23)39(3)47(5,42)43/h6-7,18-19,21H,8-17H2,1-5H3,(H2,33,34,35,36). The summed E-state index contributed by atoms with van der Waals surface area (Å²) < 4.78 is 44.2. The molecule has 14 nitrogen and oxygen atoms in total. The van der Waals surface area contributed by atoms with Crippen LogP contribution in [0.25, 0.3) is 0 Å². The third-order valence-electron chi connectivity index (χ3n) is 8.90. The van der Waals surface area contributed by atoms with Crippen LogP contribution in [0, 0.1) is 6.92 Å². The number of nitrogens with one attached hydrogen (secondary N) is 2. The van der Waals surface area contributed by atoms with Crippen molar-refractivity contribution >= 4 is 60.6 Å². The Hall–Kier alpha value is -3.60. The predicted molar refractivity (Wildman–Crippen MR) is 187 cm³/mol. The van der Waals surface area contributed by atoms with Crippen LogP contribution < -0.4 is 34.0 Å². The number of sulfonamides is 1. The van der Waals surface area contributed by atoms with Crippen molar-refractivity contribution in [1.82, 2.24) is 24.8 Å². The Morgan fingerprint density at radius 2 is 1.74 bits per heavy atom. The summed E-state index contributed by atoms with van der Waals surface area (Å²) in [7, 11) is 1.64. The predicted octanol–water partition coefficient (Wildman–Crippen LogP) is 3.82. The second kappa shape index (κ2) is 13.9. The van der Waals surface area contributed by atoms with Crippen LogP contribution >= 0.6 is 15.9 Å². The summed E-state index contributed by atoms with van der Waals surface area (Å²) in [5.41, 5.74) is 2.43. The smallest absolute Gasteiger partial charge is 0.239 e. The monoisotopic (exact) mass is 731 g/mol. The number of pyridine rings is 1. The normalized spacial score (nSPS) is 17.8. The molecule has 6 rings (SSSR count). The van der Waals surface area contributed by atoms with Gasteiger partial charge in [-0.25, -0.2) is 13.4 Å². The van der Waals surface area contributed by atoms with E-state index >= 15 is 0 Å². The molecule has 0 saturated carbocycles. The van der Waals surface area contributed by atoms with Gasteiger partial charge in [-0.3, -0.25) is 9.21 Å². The highest BCUT2D eigenvalue weighted by atomic mass is 79.9. The topological polar surface area (TPSA) is 138 Å². The average Bonchev–Trinajstić information content (AvgIpc) is 3.06. The number of piperazine rings is 1. The number of methoxy groups -OCH3 is 1. The summed E-state index contributed by atoms with van der Waals surface area (Å²) in [5.74, 6) is 2.88. The van der Waals surface area contributed by atoms with Gasteiger partial charge >= 0.3 is 0 Å². The molecule has 0 amide bonds. The first-order valence-corrected chi connectivity index (χ1v) is 18.3. The van der Waals surface area contributed by atoms with E-state index in [0.29, 0.717) is 69.9 Å². The molecular weight excluding hydrogens is 690 g/mol. The molecular formula is C31H42BrN9O5S. The molecule has 2 aromatic heterocycles. The van der Waals surface area contributed by atoms with E-state index in [4.69, 9.17) is 24.2 Å². The molecule has 2 saturated heterocycles. The van der Waals surface area contributed by atoms with Gasteiger partial charge in [0.1, 0.15) is 36.2 Å². The fraction of sp³-hybridized carbons (Fsp3) is 0.516. The summed E-state index contributed by atoms with van der Waals surface area (Å²) in [5, 5.41) is 6.51. The van der Waals surface area contributed by atoms with Gasteiger partial charge in [0, 0.05) is 58.6 Å². The molecule has 47 heavy (non-hydrogen) atoms. The highest BCUT2D eigenvalue weighted by Gasteiger charge is 2.29. The zero-order valence-corrected chi connectivity index (χ0v) is 29.8. The molecule has 2 fully saturated rings. The summed E-state index contributed by atoms with van der Waals surface area (Å²) in [6.07, 6.45) is 4.97. The molecule has 3 aromatic rings. The van der Waals surface area contributed by atoms with Crippen molar-refractivity contribution in [1.29, 1.82) is 0 Å². The SMILES string of the molecule is COc1nc(N2CCC(N3CCN(C)CC3)CC2)c(C)cc1Nc1ncc(Br)c(Nc2ccc3c(c2N(C)S(C)(=O)=O)OCCO3)n1. The van der Waals surface area contributed by atoms with Crippen LogP contribution in [-0.4, -0.2) is 119 Å². The molecule has 3 aliphatic heterocycles. The second-order valence-corrected chi connectivity index (χ2v) is 15.0. The number of aromatic nitrogens is 3. The van der Waals surface area contributed by atoms with Crippen LogP contribution in [0.2, 0.25) is 0 Å². The van der Waals surface area contributed by atoms with E-state index in [9.17, 15) is 8.42 Å². The first kappa shape index (κ1) is 33.3. The third kappa shape index (κ3) is 7.29. The van der Waals surface area contributed by atoms with Gasteiger partial charge < -0.3 is 34.6 Å². The molecule has 0 bridgehead atoms. The van der Waals surface area contributed by atoms with E-state index in [1.807, 2.05) is 6.07 Å². The second-order valence-electron chi connectivity index (χ2n) is 12.1. The van der Waals surface area contributed by atoms with Crippen molar-refractivity contribution in [3.8, 4) is 17.4 Å². The summed E-state index contributed by atoms with van der Waals surface area (Å²) in [6.45, 7) is 9.16. The highest BCUT2D eigenvalue weighted by Crippen LogP contribution is 2.46. The maximum Gasteiger partial charge on any atom is 0.239 e. The summed E-state index contributed by atoms with van der Waals surface area (Å²) in [6, 6.07) is 6.09. The Labute approximate surface area is 284 Å². The minimum absolute atomic E-state index is 0.298. The zero-order valence-electron chi connectivity index (χ0n) is 27.4. The molecule has 0 aliphatic carbocycles. The molecule has 0 atom stereocenters. The van der Waals surface area contributed by atoms with Gasteiger partial charge in [0.25, 0.3) is 0 Å². The van der Waals surface area contributed by atoms with E-state index in [2.05, 4.69) is 60.2 Å². The van der Waals surface area contributed by atoms with E-state index in [-0.39, 0.29) is 0 Å². The quantitative estimate of drug-likeness (QED) is 0.330. The average molecular weight is 733 g/mol. The van der Waals surface area contributed by atoms with Crippen LogP contribution in [0.1, 0.15) is 18.4 Å². The number of likely N-dealkylation sites (N-methyl/N-ethyl adjacent to an activating group) is 1. The third-order valence-corrected chi connectivity index (χ3v) is 10.7. The summed E-state index contributed by atoms with van der Waals surface area (Å²) in [4.78, 5) is 21.5. The van der Waals surface area contributed by atoms with Crippen LogP contribution in [-0.2, 0) is 10.0 Å². The van der Waals surface area contributed by atoms with Crippen molar-refractivity contribution in [2.24, 2.45) is 0 Å². The first-order valence-electron chi connectivity index (χ1n) is 15.7. The van der Waals surface area contributed by atoms with Gasteiger partial charge in [-0.2, -0.15) is 9.97 Å². The molecule has 3 aliphatic rings.